The van der Waals surface area contributed by atoms with Gasteiger partial charge < -0.3 is 5.32 Å². The van der Waals surface area contributed by atoms with Crippen LogP contribution < -0.4 is 5.32 Å². The number of aromatic nitrogens is 2. The molecule has 1 N–H and O–H groups in total. The van der Waals surface area contributed by atoms with Crippen molar-refractivity contribution in [3.05, 3.63) is 41.7 Å². The predicted molar refractivity (Wildman–Crippen MR) is 76.4 cm³/mol. The van der Waals surface area contributed by atoms with Gasteiger partial charge >= 0.3 is 0 Å². The Morgan fingerprint density at radius 2 is 2.17 bits per heavy atom. The summed E-state index contributed by atoms with van der Waals surface area (Å²) in [7, 11) is 0. The molecule has 0 aliphatic carbocycles. The van der Waals surface area contributed by atoms with Crippen molar-refractivity contribution in [1.29, 1.82) is 0 Å². The molecule has 0 aliphatic rings. The van der Waals surface area contributed by atoms with Crippen LogP contribution in [-0.4, -0.2) is 16.5 Å². The molecule has 5 heteroatoms. The first-order valence-electron chi connectivity index (χ1n) is 5.78. The van der Waals surface area contributed by atoms with Crippen molar-refractivity contribution in [2.75, 3.05) is 11.9 Å². The van der Waals surface area contributed by atoms with E-state index >= 15 is 0 Å². The Morgan fingerprint density at radius 3 is 2.94 bits per heavy atom. The van der Waals surface area contributed by atoms with Gasteiger partial charge in [-0.25, -0.2) is 9.97 Å². The Kier molecular flexibility index (Phi) is 4.84. The average molecular weight is 280 g/mol. The number of pyridine rings is 2. The molecule has 2 heterocycles. The summed E-state index contributed by atoms with van der Waals surface area (Å²) in [6.45, 7) is 3.05. The minimum Gasteiger partial charge on any atom is -0.370 e. The van der Waals surface area contributed by atoms with Crippen LogP contribution in [0.3, 0.4) is 0 Å². The Balaban J connectivity index is 2.12. The van der Waals surface area contributed by atoms with Crippen molar-refractivity contribution in [3.63, 3.8) is 0 Å². The number of anilines is 1. The van der Waals surface area contributed by atoms with Gasteiger partial charge in [-0.2, -0.15) is 0 Å². The second-order valence-electron chi connectivity index (χ2n) is 3.70. The van der Waals surface area contributed by atoms with E-state index < -0.39 is 0 Å². The molecular weight excluding hydrogens is 266 g/mol. The number of hydrogen-bond donors (Lipinski definition) is 1. The predicted octanol–water partition coefficient (Wildman–Crippen LogP) is 4.10. The second-order valence-corrected chi connectivity index (χ2v) is 5.17. The van der Waals surface area contributed by atoms with E-state index in [1.54, 1.807) is 12.4 Å². The third-order valence-corrected chi connectivity index (χ3v) is 3.65. The zero-order valence-corrected chi connectivity index (χ0v) is 11.6. The number of halogens is 1. The maximum Gasteiger partial charge on any atom is 0.127 e. The second kappa shape index (κ2) is 6.61. The van der Waals surface area contributed by atoms with E-state index in [1.807, 2.05) is 24.3 Å². The maximum atomic E-state index is 6.08. The molecule has 0 saturated carbocycles. The summed E-state index contributed by atoms with van der Waals surface area (Å²) in [5, 5.41) is 4.74. The number of rotatable bonds is 5. The van der Waals surface area contributed by atoms with Crippen LogP contribution in [0.25, 0.3) is 0 Å². The van der Waals surface area contributed by atoms with Crippen molar-refractivity contribution < 1.29 is 0 Å². The molecule has 2 aromatic heterocycles. The summed E-state index contributed by atoms with van der Waals surface area (Å²) in [6.07, 6.45) is 4.61. The largest absolute Gasteiger partial charge is 0.370 e. The lowest BCUT2D eigenvalue weighted by Crippen LogP contribution is -2.01. The van der Waals surface area contributed by atoms with Gasteiger partial charge in [0, 0.05) is 23.8 Å². The van der Waals surface area contributed by atoms with Gasteiger partial charge in [-0.3, -0.25) is 0 Å². The fourth-order valence-electron chi connectivity index (χ4n) is 1.38. The van der Waals surface area contributed by atoms with Crippen molar-refractivity contribution in [2.45, 2.75) is 23.3 Å². The smallest absolute Gasteiger partial charge is 0.127 e. The quantitative estimate of drug-likeness (QED) is 0.894. The highest BCUT2D eigenvalue weighted by atomic mass is 35.5. The molecular formula is C13H14ClN3S. The van der Waals surface area contributed by atoms with E-state index in [4.69, 9.17) is 11.6 Å². The molecule has 3 nitrogen and oxygen atoms in total. The molecule has 0 unspecified atom stereocenters. The van der Waals surface area contributed by atoms with Crippen LogP contribution in [-0.2, 0) is 0 Å². The lowest BCUT2D eigenvalue weighted by atomic mass is 10.4. The Bertz CT molecular complexity index is 519. The van der Waals surface area contributed by atoms with Crippen molar-refractivity contribution in [3.8, 4) is 0 Å². The van der Waals surface area contributed by atoms with Crippen LogP contribution in [0.4, 0.5) is 5.82 Å². The fraction of sp³-hybridized carbons (Fsp3) is 0.231. The fourth-order valence-corrected chi connectivity index (χ4v) is 2.42. The van der Waals surface area contributed by atoms with E-state index in [-0.39, 0.29) is 0 Å². The van der Waals surface area contributed by atoms with Crippen molar-refractivity contribution >= 4 is 29.2 Å². The van der Waals surface area contributed by atoms with E-state index in [1.165, 1.54) is 11.8 Å². The lowest BCUT2D eigenvalue weighted by molar-refractivity contribution is 0.967. The normalized spacial score (nSPS) is 10.3. The first kappa shape index (κ1) is 13.2. The molecule has 18 heavy (non-hydrogen) atoms. The number of nitrogens with zero attached hydrogens (tertiary/aromatic N) is 2. The Morgan fingerprint density at radius 1 is 1.28 bits per heavy atom. The zero-order valence-electron chi connectivity index (χ0n) is 10.1. The molecule has 2 aromatic rings. The molecule has 94 valence electrons. The molecule has 0 amide bonds. The molecule has 0 aromatic carbocycles. The minimum atomic E-state index is 0.669. The average Bonchev–Trinajstić information content (AvgIpc) is 2.40. The van der Waals surface area contributed by atoms with Gasteiger partial charge in [-0.15, -0.1) is 0 Å². The topological polar surface area (TPSA) is 37.8 Å². The molecule has 0 saturated heterocycles. The molecule has 2 rings (SSSR count). The highest BCUT2D eigenvalue weighted by Gasteiger charge is 2.04. The summed E-state index contributed by atoms with van der Waals surface area (Å²) in [5.74, 6) is 0.883. The highest BCUT2D eigenvalue weighted by molar-refractivity contribution is 7.99. The van der Waals surface area contributed by atoms with Gasteiger partial charge in [0.15, 0.2) is 0 Å². The van der Waals surface area contributed by atoms with Gasteiger partial charge in [-0.1, -0.05) is 30.3 Å². The van der Waals surface area contributed by atoms with Gasteiger partial charge in [0.2, 0.25) is 0 Å². The van der Waals surface area contributed by atoms with E-state index in [0.29, 0.717) is 5.02 Å². The molecule has 0 fully saturated rings. The Hall–Kier alpha value is -1.26. The number of hydrogen-bond acceptors (Lipinski definition) is 4. The third kappa shape index (κ3) is 3.62. The first-order valence-corrected chi connectivity index (χ1v) is 6.97. The van der Waals surface area contributed by atoms with E-state index in [2.05, 4.69) is 22.2 Å². The van der Waals surface area contributed by atoms with Crippen LogP contribution in [0.2, 0.25) is 5.02 Å². The monoisotopic (exact) mass is 279 g/mol. The van der Waals surface area contributed by atoms with Crippen LogP contribution in [0.15, 0.2) is 46.6 Å². The number of nitrogens with one attached hydrogen (secondary N) is 1. The molecule has 0 bridgehead atoms. The van der Waals surface area contributed by atoms with Gasteiger partial charge in [0.1, 0.15) is 10.8 Å². The Labute approximate surface area is 116 Å². The highest BCUT2D eigenvalue weighted by Crippen LogP contribution is 2.31. The summed E-state index contributed by atoms with van der Waals surface area (Å²) in [4.78, 5) is 9.59. The van der Waals surface area contributed by atoms with E-state index in [0.717, 1.165) is 28.7 Å². The summed E-state index contributed by atoms with van der Waals surface area (Å²) in [6, 6.07) is 7.62. The molecule has 0 radical (unpaired) electrons. The summed E-state index contributed by atoms with van der Waals surface area (Å²) < 4.78 is 0. The zero-order chi connectivity index (χ0) is 12.8. The third-order valence-electron chi connectivity index (χ3n) is 2.23. The lowest BCUT2D eigenvalue weighted by Gasteiger charge is -2.06. The summed E-state index contributed by atoms with van der Waals surface area (Å²) in [5.41, 5.74) is 0. The van der Waals surface area contributed by atoms with Crippen LogP contribution in [0.5, 0.6) is 0 Å². The van der Waals surface area contributed by atoms with Gasteiger partial charge in [-0.05, 0) is 30.7 Å². The van der Waals surface area contributed by atoms with Crippen molar-refractivity contribution in [2.24, 2.45) is 0 Å². The van der Waals surface area contributed by atoms with Gasteiger partial charge in [0.05, 0.1) is 5.02 Å². The standard InChI is InChI=1S/C13H14ClN3S/c1-2-6-15-12-9-10(5-8-16-12)18-13-11(14)4-3-7-17-13/h3-5,7-9H,2,6H2,1H3,(H,15,16). The summed E-state index contributed by atoms with van der Waals surface area (Å²) >= 11 is 7.62. The van der Waals surface area contributed by atoms with Crippen molar-refractivity contribution in [1.82, 2.24) is 9.97 Å². The molecule has 0 atom stereocenters. The SMILES string of the molecule is CCCNc1cc(Sc2ncccc2Cl)ccn1. The van der Waals surface area contributed by atoms with E-state index in [9.17, 15) is 0 Å². The van der Waals surface area contributed by atoms with Crippen LogP contribution >= 0.6 is 23.4 Å². The first-order chi connectivity index (χ1) is 8.79. The maximum absolute atomic E-state index is 6.08. The van der Waals surface area contributed by atoms with Crippen LogP contribution in [0, 0.1) is 0 Å². The minimum absolute atomic E-state index is 0.669. The van der Waals surface area contributed by atoms with Crippen LogP contribution in [0.1, 0.15) is 13.3 Å². The molecule has 0 aliphatic heterocycles. The van der Waals surface area contributed by atoms with Gasteiger partial charge in [0.25, 0.3) is 0 Å². The molecule has 0 spiro atoms.